The smallest absolute Gasteiger partial charge is 0.340 e. The van der Waals surface area contributed by atoms with Gasteiger partial charge in [0.1, 0.15) is 5.82 Å². The van der Waals surface area contributed by atoms with E-state index in [9.17, 15) is 14.9 Å². The van der Waals surface area contributed by atoms with Gasteiger partial charge in [0.05, 0.1) is 23.3 Å². The van der Waals surface area contributed by atoms with Crippen LogP contribution in [-0.2, 0) is 4.74 Å². The topological polar surface area (TPSA) is 87.3 Å². The number of imidazole rings is 1. The van der Waals surface area contributed by atoms with E-state index in [0.717, 1.165) is 31.5 Å². The molecule has 0 N–H and O–H groups in total. The first-order valence-corrected chi connectivity index (χ1v) is 7.52. The summed E-state index contributed by atoms with van der Waals surface area (Å²) >= 11 is 0. The van der Waals surface area contributed by atoms with Gasteiger partial charge in [-0.1, -0.05) is 12.8 Å². The largest absolute Gasteiger partial charge is 0.465 e. The summed E-state index contributed by atoms with van der Waals surface area (Å²) in [7, 11) is 1.29. The van der Waals surface area contributed by atoms with Gasteiger partial charge in [-0.25, -0.2) is 9.78 Å². The van der Waals surface area contributed by atoms with Crippen molar-refractivity contribution >= 4 is 11.7 Å². The number of ether oxygens (including phenoxy) is 1. The second kappa shape index (κ2) is 6.20. The van der Waals surface area contributed by atoms with Crippen LogP contribution in [0.25, 0.3) is 5.69 Å². The summed E-state index contributed by atoms with van der Waals surface area (Å²) in [5, 5.41) is 11.1. The Morgan fingerprint density at radius 1 is 1.39 bits per heavy atom. The summed E-state index contributed by atoms with van der Waals surface area (Å²) in [5.41, 5.74) is 0.652. The van der Waals surface area contributed by atoms with E-state index < -0.39 is 10.9 Å². The zero-order chi connectivity index (χ0) is 16.4. The van der Waals surface area contributed by atoms with Gasteiger partial charge >= 0.3 is 5.97 Å². The van der Waals surface area contributed by atoms with Crippen molar-refractivity contribution in [2.24, 2.45) is 0 Å². The molecule has 2 aromatic rings. The minimum absolute atomic E-state index is 0.0706. The number of non-ortho nitro benzene ring substituents is 1. The lowest BCUT2D eigenvalue weighted by Crippen LogP contribution is -2.11. The van der Waals surface area contributed by atoms with Crippen LogP contribution in [0.15, 0.2) is 30.6 Å². The fraction of sp³-hybridized carbons (Fsp3) is 0.375. The molecule has 0 spiro atoms. The highest BCUT2D eigenvalue weighted by Crippen LogP contribution is 2.35. The Hall–Kier alpha value is -2.70. The van der Waals surface area contributed by atoms with Gasteiger partial charge in [-0.3, -0.25) is 10.1 Å². The molecule has 1 aromatic heterocycles. The van der Waals surface area contributed by atoms with Gasteiger partial charge in [0.15, 0.2) is 0 Å². The highest BCUT2D eigenvalue weighted by molar-refractivity contribution is 5.94. The molecule has 1 fully saturated rings. The standard InChI is InChI=1S/C16H17N3O4/c1-23-16(20)13-7-6-12(19(21)22)10-14(13)18-9-8-17-15(18)11-4-2-3-5-11/h6-11H,2-5H2,1H3. The molecule has 1 aliphatic rings. The highest BCUT2D eigenvalue weighted by Gasteiger charge is 2.25. The van der Waals surface area contributed by atoms with Crippen molar-refractivity contribution in [1.82, 2.24) is 9.55 Å². The SMILES string of the molecule is COC(=O)c1ccc([N+](=O)[O-])cc1-n1ccnc1C1CCCC1. The molecule has 0 radical (unpaired) electrons. The molecule has 0 amide bonds. The highest BCUT2D eigenvalue weighted by atomic mass is 16.6. The zero-order valence-electron chi connectivity index (χ0n) is 12.8. The van der Waals surface area contributed by atoms with Crippen LogP contribution in [0.2, 0.25) is 0 Å². The number of carbonyl (C=O) groups excluding carboxylic acids is 1. The molecule has 1 aromatic carbocycles. The summed E-state index contributed by atoms with van der Waals surface area (Å²) in [5.74, 6) is 0.629. The Morgan fingerprint density at radius 3 is 2.78 bits per heavy atom. The van der Waals surface area contributed by atoms with E-state index in [1.165, 1.54) is 25.3 Å². The number of nitro groups is 1. The van der Waals surface area contributed by atoms with Crippen LogP contribution in [0, 0.1) is 10.1 Å². The van der Waals surface area contributed by atoms with Crippen molar-refractivity contribution in [2.45, 2.75) is 31.6 Å². The zero-order valence-corrected chi connectivity index (χ0v) is 12.8. The molecule has 7 nitrogen and oxygen atoms in total. The fourth-order valence-corrected chi connectivity index (χ4v) is 3.12. The third-order valence-electron chi connectivity index (χ3n) is 4.25. The number of aromatic nitrogens is 2. The number of benzene rings is 1. The van der Waals surface area contributed by atoms with Crippen LogP contribution >= 0.6 is 0 Å². The van der Waals surface area contributed by atoms with Crippen LogP contribution in [0.3, 0.4) is 0 Å². The van der Waals surface area contributed by atoms with Gasteiger partial charge < -0.3 is 9.30 Å². The predicted molar refractivity (Wildman–Crippen MR) is 82.8 cm³/mol. The van der Waals surface area contributed by atoms with E-state index in [1.807, 2.05) is 0 Å². The monoisotopic (exact) mass is 315 g/mol. The van der Waals surface area contributed by atoms with E-state index in [2.05, 4.69) is 4.98 Å². The van der Waals surface area contributed by atoms with E-state index in [1.54, 1.807) is 17.0 Å². The maximum atomic E-state index is 12.0. The van der Waals surface area contributed by atoms with E-state index in [-0.39, 0.29) is 11.3 Å². The number of nitrogens with zero attached hydrogens (tertiary/aromatic N) is 3. The third-order valence-corrected chi connectivity index (χ3v) is 4.25. The molecule has 0 atom stereocenters. The Balaban J connectivity index is 2.14. The molecule has 1 saturated carbocycles. The quantitative estimate of drug-likeness (QED) is 0.491. The summed E-state index contributed by atoms with van der Waals surface area (Å²) in [6.07, 6.45) is 7.78. The molecular weight excluding hydrogens is 298 g/mol. The molecular formula is C16H17N3O4. The van der Waals surface area contributed by atoms with Crippen molar-refractivity contribution in [3.8, 4) is 5.69 Å². The average Bonchev–Trinajstić information content (AvgIpc) is 3.23. The number of carbonyl (C=O) groups is 1. The van der Waals surface area contributed by atoms with E-state index in [4.69, 9.17) is 4.74 Å². The summed E-state index contributed by atoms with van der Waals surface area (Å²) in [6.45, 7) is 0. The minimum Gasteiger partial charge on any atom is -0.465 e. The average molecular weight is 315 g/mol. The number of esters is 1. The second-order valence-electron chi connectivity index (χ2n) is 5.59. The molecule has 120 valence electrons. The predicted octanol–water partition coefficient (Wildman–Crippen LogP) is 3.22. The first kappa shape index (κ1) is 15.2. The first-order chi connectivity index (χ1) is 11.1. The van der Waals surface area contributed by atoms with Crippen molar-refractivity contribution in [1.29, 1.82) is 0 Å². The van der Waals surface area contributed by atoms with Crippen LogP contribution in [0.1, 0.15) is 47.8 Å². The van der Waals surface area contributed by atoms with Gasteiger partial charge in [-0.05, 0) is 18.9 Å². The van der Waals surface area contributed by atoms with Gasteiger partial charge in [-0.15, -0.1) is 0 Å². The molecule has 3 rings (SSSR count). The molecule has 7 heteroatoms. The van der Waals surface area contributed by atoms with Crippen molar-refractivity contribution < 1.29 is 14.5 Å². The van der Waals surface area contributed by atoms with E-state index in [0.29, 0.717) is 11.6 Å². The van der Waals surface area contributed by atoms with Gasteiger partial charge in [-0.2, -0.15) is 0 Å². The van der Waals surface area contributed by atoms with Crippen molar-refractivity contribution in [3.63, 3.8) is 0 Å². The normalized spacial score (nSPS) is 14.8. The fourth-order valence-electron chi connectivity index (χ4n) is 3.12. The Kier molecular flexibility index (Phi) is 4.10. The van der Waals surface area contributed by atoms with Crippen molar-refractivity contribution in [3.05, 3.63) is 52.1 Å². The second-order valence-corrected chi connectivity index (χ2v) is 5.59. The third kappa shape index (κ3) is 2.81. The number of methoxy groups -OCH3 is 1. The number of nitro benzene ring substituents is 1. The summed E-state index contributed by atoms with van der Waals surface area (Å²) in [4.78, 5) is 27.0. The van der Waals surface area contributed by atoms with Gasteiger partial charge in [0.25, 0.3) is 5.69 Å². The molecule has 1 aliphatic carbocycles. The maximum absolute atomic E-state index is 12.0. The number of hydrogen-bond donors (Lipinski definition) is 0. The van der Waals surface area contributed by atoms with Gasteiger partial charge in [0.2, 0.25) is 0 Å². The molecule has 0 bridgehead atoms. The van der Waals surface area contributed by atoms with Crippen LogP contribution in [0.4, 0.5) is 5.69 Å². The summed E-state index contributed by atoms with van der Waals surface area (Å²) < 4.78 is 6.57. The number of hydrogen-bond acceptors (Lipinski definition) is 5. The Labute approximate surface area is 133 Å². The Bertz CT molecular complexity index is 748. The lowest BCUT2D eigenvalue weighted by Gasteiger charge is -2.15. The molecule has 23 heavy (non-hydrogen) atoms. The molecule has 0 saturated heterocycles. The van der Waals surface area contributed by atoms with Crippen LogP contribution in [-0.4, -0.2) is 27.6 Å². The Morgan fingerprint density at radius 2 is 2.13 bits per heavy atom. The number of rotatable bonds is 4. The summed E-state index contributed by atoms with van der Waals surface area (Å²) in [6, 6.07) is 4.13. The van der Waals surface area contributed by atoms with Gasteiger partial charge in [0, 0.05) is 30.4 Å². The van der Waals surface area contributed by atoms with E-state index >= 15 is 0 Å². The lowest BCUT2D eigenvalue weighted by molar-refractivity contribution is -0.384. The van der Waals surface area contributed by atoms with Crippen LogP contribution in [0.5, 0.6) is 0 Å². The first-order valence-electron chi connectivity index (χ1n) is 7.52. The lowest BCUT2D eigenvalue weighted by atomic mass is 10.1. The molecule has 0 aliphatic heterocycles. The minimum atomic E-state index is -0.527. The van der Waals surface area contributed by atoms with Crippen LogP contribution < -0.4 is 0 Å². The molecule has 1 heterocycles. The maximum Gasteiger partial charge on any atom is 0.340 e. The van der Waals surface area contributed by atoms with Crippen molar-refractivity contribution in [2.75, 3.05) is 7.11 Å². The molecule has 0 unspecified atom stereocenters.